The molecule has 0 saturated carbocycles. The van der Waals surface area contributed by atoms with E-state index in [2.05, 4.69) is 26.1 Å². The van der Waals surface area contributed by atoms with E-state index in [1.165, 1.54) is 89.9 Å². The molecule has 0 amide bonds. The third-order valence-corrected chi connectivity index (χ3v) is 6.54. The van der Waals surface area contributed by atoms with Crippen molar-refractivity contribution < 1.29 is 9.84 Å². The van der Waals surface area contributed by atoms with Gasteiger partial charge in [-0.1, -0.05) is 96.8 Å². The van der Waals surface area contributed by atoms with Gasteiger partial charge in [-0.25, -0.2) is 0 Å². The summed E-state index contributed by atoms with van der Waals surface area (Å²) in [4.78, 5) is 0. The Morgan fingerprint density at radius 1 is 0.821 bits per heavy atom. The van der Waals surface area contributed by atoms with Gasteiger partial charge in [-0.2, -0.15) is 0 Å². The second-order valence-electron chi connectivity index (χ2n) is 9.60. The predicted molar refractivity (Wildman–Crippen MR) is 122 cm³/mol. The van der Waals surface area contributed by atoms with E-state index in [-0.39, 0.29) is 5.60 Å². The number of aliphatic hydroxyl groups excluding tert-OH is 1. The molecule has 2 unspecified atom stereocenters. The topological polar surface area (TPSA) is 41.5 Å². The maximum atomic E-state index is 10.2. The zero-order valence-electron chi connectivity index (χ0n) is 19.4. The first-order valence-electron chi connectivity index (χ1n) is 12.6. The fourth-order valence-electron chi connectivity index (χ4n) is 4.44. The smallest absolute Gasteiger partial charge is 0.155 e. The first-order chi connectivity index (χ1) is 13.6. The Bertz CT molecular complexity index is 339. The van der Waals surface area contributed by atoms with Crippen LogP contribution in [0.2, 0.25) is 0 Å². The minimum Gasteiger partial charge on any atom is -0.368 e. The van der Waals surface area contributed by atoms with Gasteiger partial charge in [0.1, 0.15) is 0 Å². The van der Waals surface area contributed by atoms with Crippen LogP contribution in [0, 0.1) is 5.92 Å². The summed E-state index contributed by atoms with van der Waals surface area (Å²) in [6.07, 6.45) is 21.9. The van der Waals surface area contributed by atoms with E-state index >= 15 is 0 Å². The lowest BCUT2D eigenvalue weighted by Gasteiger charge is -2.33. The largest absolute Gasteiger partial charge is 0.368 e. The highest BCUT2D eigenvalue weighted by Gasteiger charge is 2.34. The summed E-state index contributed by atoms with van der Waals surface area (Å²) < 4.78 is 5.96. The van der Waals surface area contributed by atoms with Crippen molar-refractivity contribution in [2.75, 3.05) is 13.1 Å². The average Bonchev–Trinajstić information content (AvgIpc) is 3.20. The van der Waals surface area contributed by atoms with Crippen molar-refractivity contribution in [2.45, 2.75) is 142 Å². The first kappa shape index (κ1) is 25.9. The zero-order valence-corrected chi connectivity index (χ0v) is 19.4. The fraction of sp³-hybridized carbons (Fsp3) is 1.00. The van der Waals surface area contributed by atoms with Crippen LogP contribution in [0.25, 0.3) is 0 Å². The van der Waals surface area contributed by atoms with Gasteiger partial charge in [0.15, 0.2) is 6.29 Å². The maximum Gasteiger partial charge on any atom is 0.155 e. The highest BCUT2D eigenvalue weighted by molar-refractivity contribution is 4.86. The van der Waals surface area contributed by atoms with Crippen molar-refractivity contribution in [3.05, 3.63) is 0 Å². The molecular formula is C25H51NO2. The van der Waals surface area contributed by atoms with Gasteiger partial charge in [0.2, 0.25) is 0 Å². The minimum absolute atomic E-state index is 0.224. The molecule has 0 radical (unpaired) electrons. The van der Waals surface area contributed by atoms with E-state index in [9.17, 15) is 5.11 Å². The van der Waals surface area contributed by atoms with E-state index in [0.29, 0.717) is 5.92 Å². The van der Waals surface area contributed by atoms with Crippen molar-refractivity contribution in [1.29, 1.82) is 0 Å². The summed E-state index contributed by atoms with van der Waals surface area (Å²) in [5.41, 5.74) is -0.224. The standard InChI is InChI=1S/C25H51NO2/c1-4-5-6-7-8-9-10-11-12-13-14-15-16-17-18-19-24(27)28-25(2,3)23-20-21-26-22-23/h23-24,26-27H,4-22H2,1-3H3. The molecule has 0 aromatic heterocycles. The fourth-order valence-corrected chi connectivity index (χ4v) is 4.44. The van der Waals surface area contributed by atoms with Gasteiger partial charge in [-0.3, -0.25) is 0 Å². The Labute approximate surface area is 176 Å². The minimum atomic E-state index is -0.599. The number of rotatable bonds is 19. The van der Waals surface area contributed by atoms with Gasteiger partial charge in [0, 0.05) is 12.5 Å². The SMILES string of the molecule is CCCCCCCCCCCCCCCCCC(O)OC(C)(C)C1CCNC1. The molecule has 168 valence electrons. The molecule has 0 aromatic rings. The van der Waals surface area contributed by atoms with Gasteiger partial charge in [-0.05, 0) is 39.7 Å². The second kappa shape index (κ2) is 16.7. The van der Waals surface area contributed by atoms with Gasteiger partial charge in [0.05, 0.1) is 5.60 Å². The molecule has 1 heterocycles. The van der Waals surface area contributed by atoms with Gasteiger partial charge >= 0.3 is 0 Å². The Balaban J connectivity index is 1.82. The lowest BCUT2D eigenvalue weighted by molar-refractivity contribution is -0.192. The van der Waals surface area contributed by atoms with Crippen molar-refractivity contribution in [3.8, 4) is 0 Å². The van der Waals surface area contributed by atoms with Crippen LogP contribution in [0.5, 0.6) is 0 Å². The normalized spacial score (nSPS) is 18.6. The number of nitrogens with one attached hydrogen (secondary N) is 1. The maximum absolute atomic E-state index is 10.2. The Kier molecular flexibility index (Phi) is 15.4. The summed E-state index contributed by atoms with van der Waals surface area (Å²) in [6.45, 7) is 8.63. The number of unbranched alkanes of at least 4 members (excludes halogenated alkanes) is 14. The van der Waals surface area contributed by atoms with Crippen molar-refractivity contribution in [1.82, 2.24) is 5.32 Å². The van der Waals surface area contributed by atoms with E-state index in [4.69, 9.17) is 4.74 Å². The average molecular weight is 398 g/mol. The highest BCUT2D eigenvalue weighted by Crippen LogP contribution is 2.28. The molecular weight excluding hydrogens is 346 g/mol. The van der Waals surface area contributed by atoms with Crippen LogP contribution in [0.4, 0.5) is 0 Å². The van der Waals surface area contributed by atoms with Crippen LogP contribution < -0.4 is 5.32 Å². The molecule has 0 aromatic carbocycles. The third kappa shape index (κ3) is 13.2. The van der Waals surface area contributed by atoms with E-state index in [1.807, 2.05) is 0 Å². The third-order valence-electron chi connectivity index (χ3n) is 6.54. The predicted octanol–water partition coefficient (Wildman–Crippen LogP) is 6.97. The molecule has 28 heavy (non-hydrogen) atoms. The van der Waals surface area contributed by atoms with Crippen molar-refractivity contribution in [2.24, 2.45) is 5.92 Å². The summed E-state index contributed by atoms with van der Waals surface area (Å²) in [5, 5.41) is 13.6. The van der Waals surface area contributed by atoms with Gasteiger partial charge in [0.25, 0.3) is 0 Å². The Hall–Kier alpha value is -0.120. The number of aliphatic hydroxyl groups is 1. The Morgan fingerprint density at radius 2 is 1.29 bits per heavy atom. The molecule has 0 aliphatic carbocycles. The van der Waals surface area contributed by atoms with Crippen LogP contribution in [0.1, 0.15) is 130 Å². The van der Waals surface area contributed by atoms with Gasteiger partial charge < -0.3 is 15.2 Å². The Morgan fingerprint density at radius 3 is 1.71 bits per heavy atom. The number of hydrogen-bond donors (Lipinski definition) is 2. The van der Waals surface area contributed by atoms with Gasteiger partial charge in [-0.15, -0.1) is 0 Å². The van der Waals surface area contributed by atoms with Crippen LogP contribution in [0.3, 0.4) is 0 Å². The van der Waals surface area contributed by atoms with Crippen molar-refractivity contribution >= 4 is 0 Å². The molecule has 3 heteroatoms. The first-order valence-corrected chi connectivity index (χ1v) is 12.6. The summed E-state index contributed by atoms with van der Waals surface area (Å²) in [7, 11) is 0. The summed E-state index contributed by atoms with van der Waals surface area (Å²) in [5.74, 6) is 0.517. The second-order valence-corrected chi connectivity index (χ2v) is 9.60. The van der Waals surface area contributed by atoms with Crippen LogP contribution in [-0.4, -0.2) is 30.1 Å². The van der Waals surface area contributed by atoms with Crippen molar-refractivity contribution in [3.63, 3.8) is 0 Å². The zero-order chi connectivity index (χ0) is 20.5. The lowest BCUT2D eigenvalue weighted by Crippen LogP contribution is -2.39. The quantitative estimate of drug-likeness (QED) is 0.183. The van der Waals surface area contributed by atoms with E-state index < -0.39 is 6.29 Å². The molecule has 2 N–H and O–H groups in total. The van der Waals surface area contributed by atoms with Crippen LogP contribution in [0.15, 0.2) is 0 Å². The highest BCUT2D eigenvalue weighted by atomic mass is 16.6. The molecule has 1 saturated heterocycles. The van der Waals surface area contributed by atoms with E-state index in [0.717, 1.165) is 32.4 Å². The monoisotopic (exact) mass is 397 g/mol. The van der Waals surface area contributed by atoms with Crippen LogP contribution in [-0.2, 0) is 4.74 Å². The van der Waals surface area contributed by atoms with E-state index in [1.54, 1.807) is 0 Å². The molecule has 1 aliphatic rings. The number of ether oxygens (including phenoxy) is 1. The molecule has 3 nitrogen and oxygen atoms in total. The summed E-state index contributed by atoms with van der Waals surface area (Å²) >= 11 is 0. The molecule has 2 atom stereocenters. The lowest BCUT2D eigenvalue weighted by atomic mass is 9.90. The molecule has 1 fully saturated rings. The summed E-state index contributed by atoms with van der Waals surface area (Å²) in [6, 6.07) is 0. The number of hydrogen-bond acceptors (Lipinski definition) is 3. The molecule has 1 rings (SSSR count). The van der Waals surface area contributed by atoms with Crippen LogP contribution >= 0.6 is 0 Å². The molecule has 0 spiro atoms. The molecule has 0 bridgehead atoms. The molecule has 1 aliphatic heterocycles.